The normalized spacial score (nSPS) is 18.8. The maximum atomic E-state index is 12.4. The van der Waals surface area contributed by atoms with Gasteiger partial charge in [0, 0.05) is 25.5 Å². The highest BCUT2D eigenvalue weighted by atomic mass is 32.1. The van der Waals surface area contributed by atoms with Crippen LogP contribution >= 0.6 is 11.3 Å². The molecule has 0 saturated carbocycles. The highest BCUT2D eigenvalue weighted by Gasteiger charge is 2.29. The van der Waals surface area contributed by atoms with E-state index in [0.717, 1.165) is 25.9 Å². The lowest BCUT2D eigenvalue weighted by Gasteiger charge is -2.36. The van der Waals surface area contributed by atoms with Crippen LogP contribution in [0.25, 0.3) is 10.4 Å². The Bertz CT molecular complexity index is 634. The van der Waals surface area contributed by atoms with Crippen LogP contribution in [0.4, 0.5) is 0 Å². The summed E-state index contributed by atoms with van der Waals surface area (Å²) in [5, 5.41) is 2.11. The summed E-state index contributed by atoms with van der Waals surface area (Å²) in [6, 6.07) is 13.0. The minimum atomic E-state index is 0.0377. The van der Waals surface area contributed by atoms with Gasteiger partial charge in [0.25, 0.3) is 0 Å². The second-order valence-corrected chi connectivity index (χ2v) is 7.34. The maximum Gasteiger partial charge on any atom is 0.239 e. The summed E-state index contributed by atoms with van der Waals surface area (Å²) >= 11 is 1.76. The van der Waals surface area contributed by atoms with Gasteiger partial charge in [-0.2, -0.15) is 0 Å². The quantitative estimate of drug-likeness (QED) is 0.851. The molecular formula is C19H24N2OS. The third-order valence-corrected chi connectivity index (χ3v) is 5.40. The molecule has 0 radical (unpaired) electrons. The van der Waals surface area contributed by atoms with Gasteiger partial charge in [0.05, 0.1) is 6.04 Å². The Morgan fingerprint density at radius 2 is 2.00 bits per heavy atom. The first-order valence-electron chi connectivity index (χ1n) is 8.23. The molecule has 23 heavy (non-hydrogen) atoms. The Kier molecular flexibility index (Phi) is 5.13. The highest BCUT2D eigenvalue weighted by molar-refractivity contribution is 7.13. The number of likely N-dealkylation sites (N-methyl/N-ethyl adjacent to an activating group) is 1. The van der Waals surface area contributed by atoms with Crippen LogP contribution in [0.2, 0.25) is 0 Å². The summed E-state index contributed by atoms with van der Waals surface area (Å²) in [6.07, 6.45) is 3.31. The number of nitrogens with zero attached hydrogens (tertiary/aromatic N) is 2. The van der Waals surface area contributed by atoms with Gasteiger partial charge in [0.15, 0.2) is 0 Å². The fraction of sp³-hybridized carbons (Fsp3) is 0.421. The van der Waals surface area contributed by atoms with Crippen molar-refractivity contribution in [2.75, 3.05) is 20.6 Å². The second-order valence-electron chi connectivity index (χ2n) is 6.39. The molecule has 1 aromatic carbocycles. The number of likely N-dealkylation sites (tertiary alicyclic amines) is 1. The largest absolute Gasteiger partial charge is 0.347 e. The molecule has 1 amide bonds. The third kappa shape index (κ3) is 3.82. The van der Waals surface area contributed by atoms with E-state index in [0.29, 0.717) is 0 Å². The van der Waals surface area contributed by atoms with E-state index < -0.39 is 0 Å². The molecule has 3 rings (SSSR count). The predicted molar refractivity (Wildman–Crippen MR) is 96.5 cm³/mol. The Hall–Kier alpha value is -1.65. The number of hydrogen-bond acceptors (Lipinski definition) is 3. The Labute approximate surface area is 142 Å². The molecule has 1 aliphatic rings. The van der Waals surface area contributed by atoms with Gasteiger partial charge in [-0.15, -0.1) is 11.3 Å². The first-order chi connectivity index (χ1) is 11.1. The molecule has 1 aromatic heterocycles. The lowest BCUT2D eigenvalue weighted by molar-refractivity contribution is -0.136. The summed E-state index contributed by atoms with van der Waals surface area (Å²) in [4.78, 5) is 17.8. The molecule has 1 aliphatic heterocycles. The van der Waals surface area contributed by atoms with Crippen LogP contribution in [0, 0.1) is 0 Å². The van der Waals surface area contributed by atoms with Gasteiger partial charge < -0.3 is 4.90 Å². The van der Waals surface area contributed by atoms with Gasteiger partial charge in [0.2, 0.25) is 5.91 Å². The fourth-order valence-corrected chi connectivity index (χ4v) is 3.94. The summed E-state index contributed by atoms with van der Waals surface area (Å²) < 4.78 is 0. The Morgan fingerprint density at radius 1 is 1.22 bits per heavy atom. The number of carbonyl (C=O) groups excluding carboxylic acids is 1. The van der Waals surface area contributed by atoms with Crippen molar-refractivity contribution in [1.82, 2.24) is 9.80 Å². The van der Waals surface area contributed by atoms with E-state index in [9.17, 15) is 4.79 Å². The predicted octanol–water partition coefficient (Wildman–Crippen LogP) is 3.86. The van der Waals surface area contributed by atoms with Crippen LogP contribution in [0.3, 0.4) is 0 Å². The van der Waals surface area contributed by atoms with Gasteiger partial charge in [-0.25, -0.2) is 0 Å². The number of rotatable bonds is 4. The monoisotopic (exact) mass is 328 g/mol. The molecule has 0 bridgehead atoms. The molecule has 2 heterocycles. The van der Waals surface area contributed by atoms with E-state index in [4.69, 9.17) is 0 Å². The van der Waals surface area contributed by atoms with Crippen LogP contribution in [0.5, 0.6) is 0 Å². The van der Waals surface area contributed by atoms with Crippen LogP contribution in [0.1, 0.15) is 24.8 Å². The van der Waals surface area contributed by atoms with Crippen molar-refractivity contribution in [3.8, 4) is 10.4 Å². The van der Waals surface area contributed by atoms with E-state index in [2.05, 4.69) is 46.7 Å². The standard InChI is InChI=1S/C19H24N2OS/c1-20(2)19(22)17-6-3-4-12-21(17)14-15-8-10-16(11-9-15)18-7-5-13-23-18/h5,7-11,13,17H,3-4,6,12,14H2,1-2H3. The molecule has 0 aliphatic carbocycles. The molecular weight excluding hydrogens is 304 g/mol. The van der Waals surface area contributed by atoms with Gasteiger partial charge >= 0.3 is 0 Å². The summed E-state index contributed by atoms with van der Waals surface area (Å²) in [5.41, 5.74) is 2.55. The van der Waals surface area contributed by atoms with Crippen molar-refractivity contribution in [1.29, 1.82) is 0 Å². The van der Waals surface area contributed by atoms with E-state index in [1.807, 2.05) is 14.1 Å². The van der Waals surface area contributed by atoms with Crippen molar-refractivity contribution in [2.45, 2.75) is 31.8 Å². The third-order valence-electron chi connectivity index (χ3n) is 4.48. The molecule has 4 heteroatoms. The van der Waals surface area contributed by atoms with Crippen LogP contribution in [-0.4, -0.2) is 42.4 Å². The minimum Gasteiger partial charge on any atom is -0.347 e. The lowest BCUT2D eigenvalue weighted by Crippen LogP contribution is -2.48. The molecule has 2 aromatic rings. The van der Waals surface area contributed by atoms with Crippen molar-refractivity contribution >= 4 is 17.2 Å². The Balaban J connectivity index is 1.71. The smallest absolute Gasteiger partial charge is 0.239 e. The molecule has 0 spiro atoms. The van der Waals surface area contributed by atoms with Crippen LogP contribution in [-0.2, 0) is 11.3 Å². The lowest BCUT2D eigenvalue weighted by atomic mass is 10.00. The number of carbonyl (C=O) groups is 1. The zero-order valence-electron chi connectivity index (χ0n) is 13.9. The van der Waals surface area contributed by atoms with Crippen LogP contribution in [0.15, 0.2) is 41.8 Å². The number of benzene rings is 1. The molecule has 122 valence electrons. The molecule has 1 atom stereocenters. The molecule has 1 fully saturated rings. The van der Waals surface area contributed by atoms with Crippen molar-refractivity contribution in [3.63, 3.8) is 0 Å². The van der Waals surface area contributed by atoms with Gasteiger partial charge in [-0.05, 0) is 42.0 Å². The van der Waals surface area contributed by atoms with Crippen molar-refractivity contribution in [3.05, 3.63) is 47.3 Å². The maximum absolute atomic E-state index is 12.4. The van der Waals surface area contributed by atoms with E-state index in [-0.39, 0.29) is 11.9 Å². The summed E-state index contributed by atoms with van der Waals surface area (Å²) in [5.74, 6) is 0.236. The second kappa shape index (κ2) is 7.28. The average molecular weight is 328 g/mol. The Morgan fingerprint density at radius 3 is 2.65 bits per heavy atom. The van der Waals surface area contributed by atoms with Crippen LogP contribution < -0.4 is 0 Å². The number of thiophene rings is 1. The average Bonchev–Trinajstić information content (AvgIpc) is 3.10. The number of hydrogen-bond donors (Lipinski definition) is 0. The van der Waals surface area contributed by atoms with E-state index >= 15 is 0 Å². The molecule has 0 N–H and O–H groups in total. The summed E-state index contributed by atoms with van der Waals surface area (Å²) in [7, 11) is 3.70. The van der Waals surface area contributed by atoms with E-state index in [1.54, 1.807) is 16.2 Å². The summed E-state index contributed by atoms with van der Waals surface area (Å²) in [6.45, 7) is 1.87. The first-order valence-corrected chi connectivity index (χ1v) is 9.11. The topological polar surface area (TPSA) is 23.6 Å². The molecule has 3 nitrogen and oxygen atoms in total. The molecule has 1 unspecified atom stereocenters. The van der Waals surface area contributed by atoms with Gasteiger partial charge in [-0.3, -0.25) is 9.69 Å². The number of piperidine rings is 1. The SMILES string of the molecule is CN(C)C(=O)C1CCCCN1Cc1ccc(-c2cccs2)cc1. The number of amides is 1. The fourth-order valence-electron chi connectivity index (χ4n) is 3.21. The molecule has 1 saturated heterocycles. The zero-order valence-corrected chi connectivity index (χ0v) is 14.7. The van der Waals surface area contributed by atoms with Crippen molar-refractivity contribution in [2.24, 2.45) is 0 Å². The van der Waals surface area contributed by atoms with Gasteiger partial charge in [0.1, 0.15) is 0 Å². The first kappa shape index (κ1) is 16.2. The highest BCUT2D eigenvalue weighted by Crippen LogP contribution is 2.26. The zero-order chi connectivity index (χ0) is 16.2. The van der Waals surface area contributed by atoms with Crippen molar-refractivity contribution < 1.29 is 4.79 Å². The van der Waals surface area contributed by atoms with E-state index in [1.165, 1.54) is 22.4 Å². The minimum absolute atomic E-state index is 0.0377. The van der Waals surface area contributed by atoms with Gasteiger partial charge in [-0.1, -0.05) is 36.8 Å².